The Hall–Kier alpha value is -3.89. The number of amidine groups is 1. The van der Waals surface area contributed by atoms with Gasteiger partial charge in [0, 0.05) is 35.7 Å². The van der Waals surface area contributed by atoms with Gasteiger partial charge in [-0.2, -0.15) is 0 Å². The maximum Gasteiger partial charge on any atom is 0.281 e. The van der Waals surface area contributed by atoms with E-state index in [-0.39, 0.29) is 18.0 Å². The highest BCUT2D eigenvalue weighted by Gasteiger charge is 2.60. The predicted octanol–water partition coefficient (Wildman–Crippen LogP) is 4.92. The molecular weight excluding hydrogens is 462 g/mol. The number of nitrogens with two attached hydrogens (primary N) is 1. The number of benzene rings is 2. The molecule has 3 N–H and O–H groups in total. The molecule has 4 rings (SSSR count). The van der Waals surface area contributed by atoms with Gasteiger partial charge in [-0.15, -0.1) is 0 Å². The van der Waals surface area contributed by atoms with Crippen LogP contribution in [0.2, 0.25) is 0 Å². The van der Waals surface area contributed by atoms with Crippen molar-refractivity contribution < 1.29 is 31.1 Å². The molecular formula is C23H16F6N4O. The van der Waals surface area contributed by atoms with Crippen LogP contribution in [0.3, 0.4) is 0 Å². The van der Waals surface area contributed by atoms with Crippen LogP contribution in [0.5, 0.6) is 0 Å². The number of carbonyl (C=O) groups is 1. The van der Waals surface area contributed by atoms with Crippen LogP contribution in [-0.4, -0.2) is 22.6 Å². The summed E-state index contributed by atoms with van der Waals surface area (Å²) in [4.78, 5) is 19.8. The van der Waals surface area contributed by atoms with Crippen LogP contribution < -0.4 is 11.1 Å². The number of halogens is 6. The lowest BCUT2D eigenvalue weighted by Gasteiger charge is -2.41. The van der Waals surface area contributed by atoms with Gasteiger partial charge in [-0.3, -0.25) is 9.79 Å². The highest BCUT2D eigenvalue weighted by Crippen LogP contribution is 2.53. The van der Waals surface area contributed by atoms with Crippen molar-refractivity contribution in [1.82, 2.24) is 4.98 Å². The number of amides is 1. The van der Waals surface area contributed by atoms with Gasteiger partial charge in [0.2, 0.25) is 0 Å². The molecule has 2 heterocycles. The molecule has 11 heteroatoms. The first-order valence-corrected chi connectivity index (χ1v) is 9.94. The number of nitrogens with zero attached hydrogens (tertiary/aromatic N) is 2. The van der Waals surface area contributed by atoms with Gasteiger partial charge in [0.05, 0.1) is 12.0 Å². The lowest BCUT2D eigenvalue weighted by atomic mass is 9.74. The van der Waals surface area contributed by atoms with Gasteiger partial charge in [0.25, 0.3) is 11.8 Å². The first-order valence-electron chi connectivity index (χ1n) is 9.94. The molecule has 34 heavy (non-hydrogen) atoms. The molecule has 0 saturated heterocycles. The Kier molecular flexibility index (Phi) is 5.80. The molecule has 0 radical (unpaired) electrons. The predicted molar refractivity (Wildman–Crippen MR) is 111 cm³/mol. The number of hydrogen-bond acceptors (Lipinski definition) is 4. The van der Waals surface area contributed by atoms with Crippen LogP contribution in [0, 0.1) is 23.3 Å². The van der Waals surface area contributed by atoms with Gasteiger partial charge >= 0.3 is 0 Å². The Bertz CT molecular complexity index is 1300. The number of aromatic nitrogens is 1. The number of carbonyl (C=O) groups excluding carboxylic acids is 1. The Labute approximate surface area is 189 Å². The summed E-state index contributed by atoms with van der Waals surface area (Å²) in [6.45, 7) is 0. The van der Waals surface area contributed by atoms with Gasteiger partial charge in [0.15, 0.2) is 17.2 Å². The molecule has 1 atom stereocenters. The molecule has 1 aliphatic heterocycles. The fourth-order valence-electron chi connectivity index (χ4n) is 3.86. The maximum atomic E-state index is 15.5. The quantitative estimate of drug-likeness (QED) is 0.523. The molecule has 0 spiro atoms. The third-order valence-corrected chi connectivity index (χ3v) is 5.44. The molecule has 0 fully saturated rings. The Morgan fingerprint density at radius 1 is 0.971 bits per heavy atom. The topological polar surface area (TPSA) is 80.4 Å². The van der Waals surface area contributed by atoms with E-state index in [1.54, 1.807) is 0 Å². The van der Waals surface area contributed by atoms with Crippen molar-refractivity contribution in [3.05, 3.63) is 94.8 Å². The van der Waals surface area contributed by atoms with E-state index in [0.717, 1.165) is 36.5 Å². The second-order valence-electron chi connectivity index (χ2n) is 7.63. The van der Waals surface area contributed by atoms with Crippen LogP contribution in [-0.2, 0) is 5.54 Å². The Morgan fingerprint density at radius 3 is 2.38 bits per heavy atom. The summed E-state index contributed by atoms with van der Waals surface area (Å²) in [5.41, 5.74) is 0.230. The summed E-state index contributed by atoms with van der Waals surface area (Å²) < 4.78 is 88.6. The number of alkyl halides is 2. The fraction of sp³-hybridized carbons (Fsp3) is 0.174. The van der Waals surface area contributed by atoms with Crippen LogP contribution >= 0.6 is 0 Å². The van der Waals surface area contributed by atoms with E-state index in [9.17, 15) is 18.0 Å². The summed E-state index contributed by atoms with van der Waals surface area (Å²) in [7, 11) is 0. The molecule has 5 nitrogen and oxygen atoms in total. The first-order chi connectivity index (χ1) is 16.0. The lowest BCUT2D eigenvalue weighted by Crippen LogP contribution is -2.50. The molecule has 3 aromatic rings. The Balaban J connectivity index is 1.92. The van der Waals surface area contributed by atoms with E-state index in [0.29, 0.717) is 6.07 Å². The highest BCUT2D eigenvalue weighted by molar-refractivity contribution is 6.02. The van der Waals surface area contributed by atoms with E-state index in [2.05, 4.69) is 15.3 Å². The molecule has 0 aliphatic carbocycles. The van der Waals surface area contributed by atoms with Gasteiger partial charge in [0.1, 0.15) is 17.3 Å². The number of nitrogens with one attached hydrogen (secondary N) is 1. The standard InChI is InChI=1S/C23H16F6N4O/c24-12-5-6-18(31-11-12)21(34)32-13-9-15(20(27)17(26)10-13)23(14-3-1-2-4-16(14)25)22(28,29)8-7-19(30)33-23/h1-6,9-11H,7-8H2,(H2,30,33)(H,32,34)/t23-/m0/s1. The number of anilines is 1. The van der Waals surface area contributed by atoms with Crippen molar-refractivity contribution >= 4 is 17.4 Å². The molecule has 1 amide bonds. The molecule has 176 valence electrons. The second kappa shape index (κ2) is 8.47. The van der Waals surface area contributed by atoms with Crippen molar-refractivity contribution in [2.45, 2.75) is 24.3 Å². The summed E-state index contributed by atoms with van der Waals surface area (Å²) in [5, 5.41) is 2.20. The highest BCUT2D eigenvalue weighted by atomic mass is 19.3. The minimum absolute atomic E-state index is 0.276. The normalized spacial score (nSPS) is 19.4. The lowest BCUT2D eigenvalue weighted by molar-refractivity contribution is -0.0728. The molecule has 1 aliphatic rings. The molecule has 0 unspecified atom stereocenters. The average molecular weight is 478 g/mol. The number of pyridine rings is 1. The van der Waals surface area contributed by atoms with E-state index < -0.39 is 63.9 Å². The summed E-state index contributed by atoms with van der Waals surface area (Å²) in [6.07, 6.45) is -0.493. The van der Waals surface area contributed by atoms with Crippen molar-refractivity contribution in [1.29, 1.82) is 0 Å². The molecule has 2 aromatic carbocycles. The first kappa shape index (κ1) is 23.3. The summed E-state index contributed by atoms with van der Waals surface area (Å²) >= 11 is 0. The summed E-state index contributed by atoms with van der Waals surface area (Å²) in [6, 6.07) is 7.63. The number of rotatable bonds is 4. The third kappa shape index (κ3) is 3.87. The van der Waals surface area contributed by atoms with Crippen LogP contribution in [0.25, 0.3) is 0 Å². The third-order valence-electron chi connectivity index (χ3n) is 5.44. The van der Waals surface area contributed by atoms with Crippen LogP contribution in [0.1, 0.15) is 34.5 Å². The van der Waals surface area contributed by atoms with Gasteiger partial charge < -0.3 is 11.1 Å². The average Bonchev–Trinajstić information content (AvgIpc) is 2.79. The number of hydrogen-bond donors (Lipinski definition) is 2. The molecule has 0 saturated carbocycles. The maximum absolute atomic E-state index is 15.5. The minimum atomic E-state index is -3.88. The largest absolute Gasteiger partial charge is 0.387 e. The second-order valence-corrected chi connectivity index (χ2v) is 7.63. The zero-order valence-corrected chi connectivity index (χ0v) is 17.3. The number of aliphatic imine (C=N–C) groups is 1. The SMILES string of the molecule is NC1=N[C@@](c2ccccc2F)(c2cc(NC(=O)c3ccc(F)cn3)cc(F)c2F)C(F)(F)CC1. The van der Waals surface area contributed by atoms with E-state index in [1.165, 1.54) is 12.1 Å². The van der Waals surface area contributed by atoms with Crippen molar-refractivity contribution in [3.63, 3.8) is 0 Å². The van der Waals surface area contributed by atoms with E-state index >= 15 is 13.2 Å². The zero-order chi connectivity index (χ0) is 24.7. The van der Waals surface area contributed by atoms with Crippen LogP contribution in [0.15, 0.2) is 59.7 Å². The van der Waals surface area contributed by atoms with Gasteiger partial charge in [-0.1, -0.05) is 18.2 Å². The van der Waals surface area contributed by atoms with Crippen molar-refractivity contribution in [2.24, 2.45) is 10.7 Å². The fourth-order valence-corrected chi connectivity index (χ4v) is 3.86. The van der Waals surface area contributed by atoms with Gasteiger partial charge in [-0.05, 0) is 24.3 Å². The Morgan fingerprint density at radius 2 is 1.71 bits per heavy atom. The summed E-state index contributed by atoms with van der Waals surface area (Å²) in [5.74, 6) is -10.3. The minimum Gasteiger partial charge on any atom is -0.387 e. The zero-order valence-electron chi connectivity index (χ0n) is 17.3. The monoisotopic (exact) mass is 478 g/mol. The van der Waals surface area contributed by atoms with Crippen LogP contribution in [0.4, 0.5) is 32.0 Å². The smallest absolute Gasteiger partial charge is 0.281 e. The van der Waals surface area contributed by atoms with Crippen molar-refractivity contribution in [2.75, 3.05) is 5.32 Å². The molecule has 1 aromatic heterocycles. The van der Waals surface area contributed by atoms with Crippen molar-refractivity contribution in [3.8, 4) is 0 Å². The van der Waals surface area contributed by atoms with Gasteiger partial charge in [-0.25, -0.2) is 31.3 Å². The molecule has 0 bridgehead atoms. The van der Waals surface area contributed by atoms with E-state index in [1.807, 2.05) is 0 Å². The van der Waals surface area contributed by atoms with E-state index in [4.69, 9.17) is 5.73 Å².